The van der Waals surface area contributed by atoms with E-state index in [1.165, 1.54) is 0 Å². The Hall–Kier alpha value is -2.51. The van der Waals surface area contributed by atoms with Gasteiger partial charge in [0.1, 0.15) is 0 Å². The Morgan fingerprint density at radius 3 is 1.80 bits per heavy atom. The first-order chi connectivity index (χ1) is 11.5. The standard InChI is InChI=1S/C17H13F6NO/c1-10(11-5-3-2-4-6-11)24-15(25)12-7-13(16(18,19)20)9-14(8-12)17(21,22)23/h2-10H,1H3,(H,24,25)/t10-/m0/s1. The molecule has 2 rings (SSSR count). The number of nitrogens with one attached hydrogen (secondary N) is 1. The van der Waals surface area contributed by atoms with E-state index in [1.54, 1.807) is 37.3 Å². The topological polar surface area (TPSA) is 29.1 Å². The first-order valence-corrected chi connectivity index (χ1v) is 7.14. The molecule has 1 atom stereocenters. The van der Waals surface area contributed by atoms with Crippen LogP contribution in [0.4, 0.5) is 26.3 Å². The molecule has 0 fully saturated rings. The van der Waals surface area contributed by atoms with Gasteiger partial charge in [0.2, 0.25) is 0 Å². The highest BCUT2D eigenvalue weighted by Gasteiger charge is 2.37. The summed E-state index contributed by atoms with van der Waals surface area (Å²) < 4.78 is 77.0. The molecule has 2 nitrogen and oxygen atoms in total. The third-order valence-electron chi connectivity index (χ3n) is 3.50. The average molecular weight is 361 g/mol. The predicted molar refractivity (Wildman–Crippen MR) is 78.8 cm³/mol. The molecule has 0 aliphatic rings. The lowest BCUT2D eigenvalue weighted by atomic mass is 10.0. The fraction of sp³-hybridized carbons (Fsp3) is 0.235. The molecule has 0 unspecified atom stereocenters. The molecule has 0 aliphatic carbocycles. The molecule has 8 heteroatoms. The minimum atomic E-state index is -5.00. The summed E-state index contributed by atoms with van der Waals surface area (Å²) in [4.78, 5) is 12.1. The van der Waals surface area contributed by atoms with Crippen molar-refractivity contribution < 1.29 is 31.1 Å². The Morgan fingerprint density at radius 1 is 0.880 bits per heavy atom. The van der Waals surface area contributed by atoms with Crippen molar-refractivity contribution in [3.8, 4) is 0 Å². The van der Waals surface area contributed by atoms with E-state index in [-0.39, 0.29) is 6.07 Å². The molecule has 1 amide bonds. The number of halogens is 6. The lowest BCUT2D eigenvalue weighted by Crippen LogP contribution is -2.27. The fourth-order valence-electron chi connectivity index (χ4n) is 2.19. The Balaban J connectivity index is 2.35. The van der Waals surface area contributed by atoms with Crippen LogP contribution in [-0.4, -0.2) is 5.91 Å². The summed E-state index contributed by atoms with van der Waals surface area (Å²) in [6.07, 6.45) is -10.00. The van der Waals surface area contributed by atoms with Crippen LogP contribution >= 0.6 is 0 Å². The molecule has 2 aromatic carbocycles. The summed E-state index contributed by atoms with van der Waals surface area (Å²) in [5.41, 5.74) is -3.09. The van der Waals surface area contributed by atoms with Crippen molar-refractivity contribution in [1.29, 1.82) is 0 Å². The van der Waals surface area contributed by atoms with Crippen LogP contribution in [0.5, 0.6) is 0 Å². The Kier molecular flexibility index (Phi) is 5.10. The summed E-state index contributed by atoms with van der Waals surface area (Å²) in [5.74, 6) is -1.02. The second-order valence-corrected chi connectivity index (χ2v) is 5.40. The third-order valence-corrected chi connectivity index (χ3v) is 3.50. The Bertz CT molecular complexity index is 720. The number of alkyl halides is 6. The van der Waals surface area contributed by atoms with Gasteiger partial charge in [-0.3, -0.25) is 4.79 Å². The van der Waals surface area contributed by atoms with Crippen LogP contribution < -0.4 is 5.32 Å². The zero-order valence-electron chi connectivity index (χ0n) is 12.9. The fourth-order valence-corrected chi connectivity index (χ4v) is 2.19. The van der Waals surface area contributed by atoms with Gasteiger partial charge in [0.15, 0.2) is 0 Å². The highest BCUT2D eigenvalue weighted by Crippen LogP contribution is 2.36. The van der Waals surface area contributed by atoms with Gasteiger partial charge in [0.05, 0.1) is 17.2 Å². The smallest absolute Gasteiger partial charge is 0.346 e. The first kappa shape index (κ1) is 18.8. The van der Waals surface area contributed by atoms with Crippen molar-refractivity contribution in [3.05, 3.63) is 70.8 Å². The van der Waals surface area contributed by atoms with Gasteiger partial charge in [-0.15, -0.1) is 0 Å². The largest absolute Gasteiger partial charge is 0.416 e. The van der Waals surface area contributed by atoms with E-state index in [4.69, 9.17) is 0 Å². The summed E-state index contributed by atoms with van der Waals surface area (Å²) in [7, 11) is 0. The maximum Gasteiger partial charge on any atom is 0.416 e. The minimum absolute atomic E-state index is 0.0165. The molecule has 0 spiro atoms. The van der Waals surface area contributed by atoms with Crippen LogP contribution in [0, 0.1) is 0 Å². The molecule has 0 radical (unpaired) electrons. The van der Waals surface area contributed by atoms with Crippen LogP contribution in [0.25, 0.3) is 0 Å². The minimum Gasteiger partial charge on any atom is -0.346 e. The van der Waals surface area contributed by atoms with E-state index in [1.807, 2.05) is 0 Å². The van der Waals surface area contributed by atoms with E-state index in [2.05, 4.69) is 5.32 Å². The quantitative estimate of drug-likeness (QED) is 0.747. The highest BCUT2D eigenvalue weighted by atomic mass is 19.4. The molecular formula is C17H13F6NO. The summed E-state index contributed by atoms with van der Waals surface area (Å²) >= 11 is 0. The maximum atomic E-state index is 12.8. The Morgan fingerprint density at radius 2 is 1.36 bits per heavy atom. The van der Waals surface area contributed by atoms with Crippen molar-refractivity contribution in [1.82, 2.24) is 5.32 Å². The van der Waals surface area contributed by atoms with Gasteiger partial charge < -0.3 is 5.32 Å². The maximum absolute atomic E-state index is 12.8. The van der Waals surface area contributed by atoms with E-state index >= 15 is 0 Å². The van der Waals surface area contributed by atoms with Crippen molar-refractivity contribution in [2.24, 2.45) is 0 Å². The second kappa shape index (κ2) is 6.78. The molecule has 1 N–H and O–H groups in total. The van der Waals surface area contributed by atoms with E-state index in [0.717, 1.165) is 0 Å². The van der Waals surface area contributed by atoms with Gasteiger partial charge in [-0.2, -0.15) is 26.3 Å². The van der Waals surface area contributed by atoms with Gasteiger partial charge in [-0.25, -0.2) is 0 Å². The number of carbonyl (C=O) groups excluding carboxylic acids is 1. The molecule has 0 aliphatic heterocycles. The Labute approximate surface area is 139 Å². The average Bonchev–Trinajstić information content (AvgIpc) is 2.53. The van der Waals surface area contributed by atoms with Crippen molar-refractivity contribution in [2.45, 2.75) is 25.3 Å². The van der Waals surface area contributed by atoms with Gasteiger partial charge >= 0.3 is 12.4 Å². The summed E-state index contributed by atoms with van der Waals surface area (Å²) in [6.45, 7) is 1.57. The highest BCUT2D eigenvalue weighted by molar-refractivity contribution is 5.95. The molecular weight excluding hydrogens is 348 g/mol. The van der Waals surface area contributed by atoms with Gasteiger partial charge in [-0.1, -0.05) is 30.3 Å². The molecule has 0 bridgehead atoms. The molecule has 2 aromatic rings. The first-order valence-electron chi connectivity index (χ1n) is 7.14. The number of rotatable bonds is 3. The monoisotopic (exact) mass is 361 g/mol. The predicted octanol–water partition coefficient (Wildman–Crippen LogP) is 5.22. The zero-order chi connectivity index (χ0) is 18.8. The van der Waals surface area contributed by atoms with Gasteiger partial charge in [-0.05, 0) is 30.7 Å². The molecule has 25 heavy (non-hydrogen) atoms. The van der Waals surface area contributed by atoms with E-state index < -0.39 is 41.0 Å². The number of hydrogen-bond donors (Lipinski definition) is 1. The number of amides is 1. The summed E-state index contributed by atoms with van der Waals surface area (Å²) in [6, 6.07) is 8.70. The second-order valence-electron chi connectivity index (χ2n) is 5.40. The molecule has 0 heterocycles. The normalized spacial score (nSPS) is 13.4. The molecule has 0 saturated heterocycles. The lowest BCUT2D eigenvalue weighted by molar-refractivity contribution is -0.143. The van der Waals surface area contributed by atoms with Gasteiger partial charge in [0, 0.05) is 5.56 Å². The van der Waals surface area contributed by atoms with Crippen LogP contribution in [0.1, 0.15) is 40.0 Å². The number of hydrogen-bond acceptors (Lipinski definition) is 1. The molecule has 0 saturated carbocycles. The molecule has 0 aromatic heterocycles. The van der Waals surface area contributed by atoms with Crippen LogP contribution in [0.3, 0.4) is 0 Å². The number of carbonyl (C=O) groups is 1. The van der Waals surface area contributed by atoms with Crippen molar-refractivity contribution in [3.63, 3.8) is 0 Å². The number of benzene rings is 2. The van der Waals surface area contributed by atoms with Crippen LogP contribution in [-0.2, 0) is 12.4 Å². The van der Waals surface area contributed by atoms with Gasteiger partial charge in [0.25, 0.3) is 5.91 Å². The zero-order valence-corrected chi connectivity index (χ0v) is 12.9. The van der Waals surface area contributed by atoms with Crippen molar-refractivity contribution >= 4 is 5.91 Å². The van der Waals surface area contributed by atoms with E-state index in [9.17, 15) is 31.1 Å². The van der Waals surface area contributed by atoms with Crippen LogP contribution in [0.15, 0.2) is 48.5 Å². The molecule has 134 valence electrons. The third kappa shape index (κ3) is 4.74. The lowest BCUT2D eigenvalue weighted by Gasteiger charge is -2.17. The van der Waals surface area contributed by atoms with E-state index in [0.29, 0.717) is 17.7 Å². The van der Waals surface area contributed by atoms with Crippen LogP contribution in [0.2, 0.25) is 0 Å². The SMILES string of the molecule is C[C@H](NC(=O)c1cc(C(F)(F)F)cc(C(F)(F)F)c1)c1ccccc1. The summed E-state index contributed by atoms with van der Waals surface area (Å²) in [5, 5.41) is 2.40. The van der Waals surface area contributed by atoms with Crippen molar-refractivity contribution in [2.75, 3.05) is 0 Å².